The van der Waals surface area contributed by atoms with Gasteiger partial charge in [-0.2, -0.15) is 0 Å². The molecule has 0 radical (unpaired) electrons. The van der Waals surface area contributed by atoms with Crippen LogP contribution < -0.4 is 0 Å². The van der Waals surface area contributed by atoms with Gasteiger partial charge < -0.3 is 0 Å². The van der Waals surface area contributed by atoms with Crippen LogP contribution in [0.15, 0.2) is 0 Å². The van der Waals surface area contributed by atoms with Gasteiger partial charge in [-0.1, -0.05) is 39.0 Å². The van der Waals surface area contributed by atoms with E-state index in [0.717, 1.165) is 6.42 Å². The molecular formula is C9H17BrO. The van der Waals surface area contributed by atoms with Crippen molar-refractivity contribution in [2.45, 2.75) is 51.9 Å². The number of halogens is 1. The molecule has 0 bridgehead atoms. The lowest BCUT2D eigenvalue weighted by Crippen LogP contribution is -1.85. The van der Waals surface area contributed by atoms with Crippen molar-refractivity contribution in [1.29, 1.82) is 0 Å². The Morgan fingerprint density at radius 1 is 1.09 bits per heavy atom. The molecule has 0 aromatic carbocycles. The monoisotopic (exact) mass is 220 g/mol. The fourth-order valence-corrected chi connectivity index (χ4v) is 1.32. The Bertz CT molecular complexity index is 102. The van der Waals surface area contributed by atoms with Gasteiger partial charge in [-0.3, -0.25) is 4.79 Å². The smallest absolute Gasteiger partial charge is 0.197 e. The summed E-state index contributed by atoms with van der Waals surface area (Å²) < 4.78 is 0.146. The summed E-state index contributed by atoms with van der Waals surface area (Å²) in [5.74, 6) is 0. The van der Waals surface area contributed by atoms with E-state index in [1.807, 2.05) is 0 Å². The molecule has 0 aliphatic carbocycles. The van der Waals surface area contributed by atoms with Gasteiger partial charge in [0.1, 0.15) is 0 Å². The Morgan fingerprint density at radius 3 is 2.18 bits per heavy atom. The molecule has 0 aromatic heterocycles. The number of unbranched alkanes of at least 4 members (excludes halogenated alkanes) is 5. The van der Waals surface area contributed by atoms with Gasteiger partial charge in [0.15, 0.2) is 4.69 Å². The van der Waals surface area contributed by atoms with E-state index in [2.05, 4.69) is 22.9 Å². The Hall–Kier alpha value is 0.150. The Kier molecular flexibility index (Phi) is 8.36. The molecular weight excluding hydrogens is 204 g/mol. The third-order valence-corrected chi connectivity index (χ3v) is 2.12. The molecule has 0 aromatic rings. The molecule has 0 aliphatic rings. The summed E-state index contributed by atoms with van der Waals surface area (Å²) in [6.45, 7) is 2.21. The minimum absolute atomic E-state index is 0.146. The minimum Gasteiger partial charge on any atom is -0.287 e. The second-order valence-corrected chi connectivity index (χ2v) is 3.76. The van der Waals surface area contributed by atoms with Crippen LogP contribution in [-0.4, -0.2) is 4.69 Å². The molecule has 0 rings (SSSR count). The fraction of sp³-hybridized carbons (Fsp3) is 0.889. The van der Waals surface area contributed by atoms with Gasteiger partial charge in [-0.15, -0.1) is 0 Å². The zero-order valence-electron chi connectivity index (χ0n) is 7.24. The standard InChI is InChI=1S/C9H17BrO/c1-2-3-4-5-6-7-8-9(10)11/h2-8H2,1H3. The average molecular weight is 221 g/mol. The summed E-state index contributed by atoms with van der Waals surface area (Å²) in [6, 6.07) is 0. The second kappa shape index (κ2) is 8.25. The molecule has 0 unspecified atom stereocenters. The van der Waals surface area contributed by atoms with E-state index in [-0.39, 0.29) is 4.69 Å². The lowest BCUT2D eigenvalue weighted by atomic mass is 10.1. The highest BCUT2D eigenvalue weighted by Crippen LogP contribution is 2.08. The summed E-state index contributed by atoms with van der Waals surface area (Å²) in [7, 11) is 0. The van der Waals surface area contributed by atoms with E-state index in [1.54, 1.807) is 0 Å². The fourth-order valence-electron chi connectivity index (χ4n) is 1.04. The summed E-state index contributed by atoms with van der Waals surface area (Å²) in [6.07, 6.45) is 8.19. The van der Waals surface area contributed by atoms with E-state index in [4.69, 9.17) is 0 Å². The lowest BCUT2D eigenvalue weighted by molar-refractivity contribution is -0.110. The molecule has 0 saturated carbocycles. The first kappa shape index (κ1) is 11.2. The molecule has 2 heteroatoms. The Labute approximate surface area is 77.7 Å². The Balaban J connectivity index is 2.85. The minimum atomic E-state index is 0.146. The molecule has 0 saturated heterocycles. The summed E-state index contributed by atoms with van der Waals surface area (Å²) in [5, 5.41) is 0. The maximum absolute atomic E-state index is 10.4. The number of hydrogen-bond acceptors (Lipinski definition) is 1. The van der Waals surface area contributed by atoms with Gasteiger partial charge in [0, 0.05) is 6.42 Å². The maximum Gasteiger partial charge on any atom is 0.197 e. The SMILES string of the molecule is CCCCCCCCC(=O)Br. The highest BCUT2D eigenvalue weighted by Gasteiger charge is 1.94. The van der Waals surface area contributed by atoms with Crippen molar-refractivity contribution in [3.63, 3.8) is 0 Å². The molecule has 1 nitrogen and oxygen atoms in total. The van der Waals surface area contributed by atoms with Crippen LogP contribution >= 0.6 is 15.9 Å². The number of hydrogen-bond donors (Lipinski definition) is 0. The lowest BCUT2D eigenvalue weighted by Gasteiger charge is -1.97. The van der Waals surface area contributed by atoms with Gasteiger partial charge in [0.25, 0.3) is 0 Å². The van der Waals surface area contributed by atoms with Crippen LogP contribution in [0.1, 0.15) is 51.9 Å². The number of carbonyl (C=O) groups excluding carboxylic acids is 1. The molecule has 0 aliphatic heterocycles. The van der Waals surface area contributed by atoms with Gasteiger partial charge in [0.05, 0.1) is 0 Å². The molecule has 0 amide bonds. The van der Waals surface area contributed by atoms with Crippen molar-refractivity contribution in [3.8, 4) is 0 Å². The van der Waals surface area contributed by atoms with Crippen molar-refractivity contribution in [1.82, 2.24) is 0 Å². The predicted octanol–water partition coefficient (Wildman–Crippen LogP) is 3.66. The quantitative estimate of drug-likeness (QED) is 0.473. The normalized spacial score (nSPS) is 10.0. The largest absolute Gasteiger partial charge is 0.287 e. The van der Waals surface area contributed by atoms with Crippen molar-refractivity contribution >= 4 is 20.6 Å². The van der Waals surface area contributed by atoms with Gasteiger partial charge in [0.2, 0.25) is 0 Å². The molecule has 0 atom stereocenters. The van der Waals surface area contributed by atoms with Crippen LogP contribution in [0.5, 0.6) is 0 Å². The molecule has 11 heavy (non-hydrogen) atoms. The summed E-state index contributed by atoms with van der Waals surface area (Å²) in [5.41, 5.74) is 0. The first-order valence-electron chi connectivity index (χ1n) is 4.45. The second-order valence-electron chi connectivity index (χ2n) is 2.87. The van der Waals surface area contributed by atoms with Gasteiger partial charge in [-0.05, 0) is 22.4 Å². The molecule has 66 valence electrons. The number of rotatable bonds is 7. The predicted molar refractivity (Wildman–Crippen MR) is 51.9 cm³/mol. The van der Waals surface area contributed by atoms with E-state index in [9.17, 15) is 4.79 Å². The van der Waals surface area contributed by atoms with Gasteiger partial charge >= 0.3 is 0 Å². The zero-order chi connectivity index (χ0) is 8.53. The molecule has 0 fully saturated rings. The number of carbonyl (C=O) groups is 1. The van der Waals surface area contributed by atoms with E-state index < -0.39 is 0 Å². The molecule has 0 N–H and O–H groups in total. The van der Waals surface area contributed by atoms with Crippen molar-refractivity contribution in [2.24, 2.45) is 0 Å². The highest BCUT2D eigenvalue weighted by atomic mass is 79.9. The third-order valence-electron chi connectivity index (χ3n) is 1.73. The van der Waals surface area contributed by atoms with Crippen molar-refractivity contribution in [3.05, 3.63) is 0 Å². The third kappa shape index (κ3) is 10.2. The summed E-state index contributed by atoms with van der Waals surface area (Å²) >= 11 is 2.92. The van der Waals surface area contributed by atoms with E-state index in [0.29, 0.717) is 6.42 Å². The summed E-state index contributed by atoms with van der Waals surface area (Å²) in [4.78, 5) is 10.4. The van der Waals surface area contributed by atoms with Crippen molar-refractivity contribution < 1.29 is 4.79 Å². The van der Waals surface area contributed by atoms with Crippen LogP contribution in [0.3, 0.4) is 0 Å². The maximum atomic E-state index is 10.4. The zero-order valence-corrected chi connectivity index (χ0v) is 8.82. The molecule has 0 spiro atoms. The first-order valence-corrected chi connectivity index (χ1v) is 5.25. The Morgan fingerprint density at radius 2 is 1.64 bits per heavy atom. The van der Waals surface area contributed by atoms with Crippen LogP contribution in [0, 0.1) is 0 Å². The highest BCUT2D eigenvalue weighted by molar-refractivity contribution is 9.18. The van der Waals surface area contributed by atoms with Crippen LogP contribution in [0.2, 0.25) is 0 Å². The van der Waals surface area contributed by atoms with Crippen LogP contribution in [0.25, 0.3) is 0 Å². The van der Waals surface area contributed by atoms with E-state index in [1.165, 1.54) is 32.1 Å². The molecule has 0 heterocycles. The van der Waals surface area contributed by atoms with Gasteiger partial charge in [-0.25, -0.2) is 0 Å². The van der Waals surface area contributed by atoms with Crippen LogP contribution in [-0.2, 0) is 4.79 Å². The van der Waals surface area contributed by atoms with Crippen LogP contribution in [0.4, 0.5) is 0 Å². The topological polar surface area (TPSA) is 17.1 Å². The van der Waals surface area contributed by atoms with E-state index >= 15 is 0 Å². The average Bonchev–Trinajstić information content (AvgIpc) is 1.96. The first-order chi connectivity index (χ1) is 5.27. The van der Waals surface area contributed by atoms with Crippen molar-refractivity contribution in [2.75, 3.05) is 0 Å².